The minimum absolute atomic E-state index is 0.461. The fourth-order valence-electron chi connectivity index (χ4n) is 1.20. The van der Waals surface area contributed by atoms with Gasteiger partial charge in [-0.1, -0.05) is 24.6 Å². The minimum Gasteiger partial charge on any atom is -0.321 e. The molecule has 15 heavy (non-hydrogen) atoms. The molecule has 0 rings (SSSR count). The molecule has 0 radical (unpaired) electrons. The molecule has 2 N–H and O–H groups in total. The van der Waals surface area contributed by atoms with E-state index in [9.17, 15) is 4.57 Å². The summed E-state index contributed by atoms with van der Waals surface area (Å²) in [5.74, 6) is 1.45. The molecule has 0 bridgehead atoms. The summed E-state index contributed by atoms with van der Waals surface area (Å²) in [6.45, 7) is 6.22. The predicted octanol–water partition coefficient (Wildman–Crippen LogP) is 3.45. The highest BCUT2D eigenvalue weighted by Crippen LogP contribution is 2.36. The maximum absolute atomic E-state index is 10.5. The van der Waals surface area contributed by atoms with Crippen LogP contribution in [0.3, 0.4) is 0 Å². The van der Waals surface area contributed by atoms with Gasteiger partial charge in [-0.25, -0.2) is 0 Å². The molecular formula is C11H21O3P. The van der Waals surface area contributed by atoms with E-state index >= 15 is 0 Å². The molecule has 0 aromatic carbocycles. The summed E-state index contributed by atoms with van der Waals surface area (Å²) in [5.41, 5.74) is 1.31. The van der Waals surface area contributed by atoms with Gasteiger partial charge in [0.15, 0.2) is 0 Å². The second-order valence-corrected chi connectivity index (χ2v) is 5.65. The Morgan fingerprint density at radius 1 is 1.40 bits per heavy atom. The smallest absolute Gasteiger partial charge is 0.321 e. The molecule has 0 spiro atoms. The van der Waals surface area contributed by atoms with Crippen molar-refractivity contribution in [2.24, 2.45) is 5.92 Å². The molecule has 0 aromatic heterocycles. The zero-order chi connectivity index (χ0) is 11.9. The molecule has 4 heteroatoms. The third kappa shape index (κ3) is 11.6. The van der Waals surface area contributed by atoms with Gasteiger partial charge >= 0.3 is 7.60 Å². The molecule has 1 unspecified atom stereocenters. The third-order valence-electron chi connectivity index (χ3n) is 2.05. The Kier molecular flexibility index (Phi) is 6.82. The topological polar surface area (TPSA) is 57.5 Å². The van der Waals surface area contributed by atoms with Crippen molar-refractivity contribution in [3.8, 4) is 0 Å². The molecule has 0 aliphatic carbocycles. The Morgan fingerprint density at radius 3 is 2.47 bits per heavy atom. The van der Waals surface area contributed by atoms with E-state index in [0.717, 1.165) is 25.1 Å². The van der Waals surface area contributed by atoms with Crippen LogP contribution >= 0.6 is 7.60 Å². The van der Waals surface area contributed by atoms with E-state index in [4.69, 9.17) is 9.79 Å². The number of rotatable bonds is 6. The summed E-state index contributed by atoms with van der Waals surface area (Å²) < 4.78 is 10.5. The first kappa shape index (κ1) is 14.6. The SMILES string of the molecule is CC(C)=CCCC(C)CC=CP(=O)(O)O. The highest BCUT2D eigenvalue weighted by Gasteiger charge is 2.05. The second kappa shape index (κ2) is 7.00. The van der Waals surface area contributed by atoms with Gasteiger partial charge in [-0.3, -0.25) is 4.57 Å². The fourth-order valence-corrected chi connectivity index (χ4v) is 1.60. The van der Waals surface area contributed by atoms with Crippen LogP contribution < -0.4 is 0 Å². The van der Waals surface area contributed by atoms with Crippen molar-refractivity contribution in [2.45, 2.75) is 40.0 Å². The molecule has 88 valence electrons. The quantitative estimate of drug-likeness (QED) is 0.544. The highest BCUT2D eigenvalue weighted by atomic mass is 31.2. The normalized spacial score (nSPS) is 14.2. The average Bonchev–Trinajstić information content (AvgIpc) is 2.00. The first-order valence-corrected chi connectivity index (χ1v) is 6.85. The van der Waals surface area contributed by atoms with Crippen LogP contribution in [0.4, 0.5) is 0 Å². The van der Waals surface area contributed by atoms with E-state index in [1.54, 1.807) is 6.08 Å². The molecule has 0 aliphatic rings. The van der Waals surface area contributed by atoms with Gasteiger partial charge in [0.05, 0.1) is 0 Å². The summed E-state index contributed by atoms with van der Waals surface area (Å²) in [5, 5.41) is 0. The van der Waals surface area contributed by atoms with Crippen LogP contribution in [-0.4, -0.2) is 9.79 Å². The maximum Gasteiger partial charge on any atom is 0.348 e. The Bertz CT molecular complexity index is 272. The van der Waals surface area contributed by atoms with Crippen molar-refractivity contribution in [1.82, 2.24) is 0 Å². The Labute approximate surface area is 92.1 Å². The number of allylic oxidation sites excluding steroid dienone is 3. The van der Waals surface area contributed by atoms with E-state index in [2.05, 4.69) is 26.8 Å². The summed E-state index contributed by atoms with van der Waals surface area (Å²) >= 11 is 0. The van der Waals surface area contributed by atoms with Crippen LogP contribution in [0.5, 0.6) is 0 Å². The predicted molar refractivity (Wildman–Crippen MR) is 63.6 cm³/mol. The van der Waals surface area contributed by atoms with Gasteiger partial charge in [0.25, 0.3) is 0 Å². The van der Waals surface area contributed by atoms with Gasteiger partial charge in [0.1, 0.15) is 0 Å². The summed E-state index contributed by atoms with van der Waals surface area (Å²) in [7, 11) is -3.96. The van der Waals surface area contributed by atoms with Gasteiger partial charge < -0.3 is 9.79 Å². The molecular weight excluding hydrogens is 211 g/mol. The standard InChI is InChI=1S/C11H21O3P/c1-10(2)6-4-7-11(3)8-5-9-15(12,13)14/h5-6,9,11H,4,7-8H2,1-3H3,(H2,12,13,14). The lowest BCUT2D eigenvalue weighted by Gasteiger charge is -2.06. The molecule has 0 saturated heterocycles. The number of hydrogen-bond donors (Lipinski definition) is 2. The van der Waals surface area contributed by atoms with Crippen LogP contribution in [0.1, 0.15) is 40.0 Å². The minimum atomic E-state index is -3.96. The van der Waals surface area contributed by atoms with Crippen molar-refractivity contribution in [1.29, 1.82) is 0 Å². The van der Waals surface area contributed by atoms with Gasteiger partial charge in [0, 0.05) is 5.82 Å². The lowest BCUT2D eigenvalue weighted by Crippen LogP contribution is -1.91. The van der Waals surface area contributed by atoms with Gasteiger partial charge in [-0.15, -0.1) is 0 Å². The molecule has 0 saturated carbocycles. The first-order chi connectivity index (χ1) is 6.81. The van der Waals surface area contributed by atoms with E-state index in [0.29, 0.717) is 5.92 Å². The Balaban J connectivity index is 3.76. The molecule has 0 fully saturated rings. The zero-order valence-electron chi connectivity index (χ0n) is 9.68. The molecule has 0 heterocycles. The van der Waals surface area contributed by atoms with E-state index in [1.807, 2.05) is 0 Å². The van der Waals surface area contributed by atoms with Gasteiger partial charge in [-0.2, -0.15) is 0 Å². The monoisotopic (exact) mass is 232 g/mol. The molecule has 1 atom stereocenters. The van der Waals surface area contributed by atoms with E-state index in [1.165, 1.54) is 5.57 Å². The second-order valence-electron chi connectivity index (χ2n) is 4.17. The number of hydrogen-bond acceptors (Lipinski definition) is 1. The Hall–Kier alpha value is -0.370. The van der Waals surface area contributed by atoms with Crippen molar-refractivity contribution >= 4 is 7.60 Å². The van der Waals surface area contributed by atoms with E-state index in [-0.39, 0.29) is 0 Å². The zero-order valence-corrected chi connectivity index (χ0v) is 10.6. The summed E-state index contributed by atoms with van der Waals surface area (Å²) in [4.78, 5) is 17.2. The summed E-state index contributed by atoms with van der Waals surface area (Å²) in [6, 6.07) is 0. The molecule has 3 nitrogen and oxygen atoms in total. The molecule has 0 aliphatic heterocycles. The van der Waals surface area contributed by atoms with Crippen LogP contribution in [0.15, 0.2) is 23.5 Å². The van der Waals surface area contributed by atoms with Crippen LogP contribution in [0.25, 0.3) is 0 Å². The molecule has 0 aromatic rings. The average molecular weight is 232 g/mol. The largest absolute Gasteiger partial charge is 0.348 e. The van der Waals surface area contributed by atoms with Gasteiger partial charge in [-0.05, 0) is 39.0 Å². The van der Waals surface area contributed by atoms with Crippen molar-refractivity contribution in [3.63, 3.8) is 0 Å². The van der Waals surface area contributed by atoms with Crippen molar-refractivity contribution in [2.75, 3.05) is 0 Å². The maximum atomic E-state index is 10.5. The van der Waals surface area contributed by atoms with Gasteiger partial charge in [0.2, 0.25) is 0 Å². The highest BCUT2D eigenvalue weighted by molar-refractivity contribution is 7.55. The van der Waals surface area contributed by atoms with Crippen LogP contribution in [0.2, 0.25) is 0 Å². The van der Waals surface area contributed by atoms with Crippen molar-refractivity contribution in [3.05, 3.63) is 23.5 Å². The fraction of sp³-hybridized carbons (Fsp3) is 0.636. The first-order valence-electron chi connectivity index (χ1n) is 5.17. The van der Waals surface area contributed by atoms with Crippen LogP contribution in [0, 0.1) is 5.92 Å². The molecule has 0 amide bonds. The van der Waals surface area contributed by atoms with E-state index < -0.39 is 7.60 Å². The lowest BCUT2D eigenvalue weighted by atomic mass is 10.0. The van der Waals surface area contributed by atoms with Crippen LogP contribution in [-0.2, 0) is 4.57 Å². The Morgan fingerprint density at radius 2 is 2.00 bits per heavy atom. The van der Waals surface area contributed by atoms with Crippen molar-refractivity contribution < 1.29 is 14.4 Å². The lowest BCUT2D eigenvalue weighted by molar-refractivity contribution is 0.386. The third-order valence-corrected chi connectivity index (χ3v) is 2.65. The summed E-state index contributed by atoms with van der Waals surface area (Å²) in [6.07, 6.45) is 6.57.